The van der Waals surface area contributed by atoms with Crippen LogP contribution in [0.25, 0.3) is 0 Å². The van der Waals surface area contributed by atoms with Gasteiger partial charge in [0.2, 0.25) is 11.8 Å². The largest absolute Gasteiger partial charge is 0.369 e. The topological polar surface area (TPSA) is 114 Å². The molecule has 0 radical (unpaired) electrons. The first-order valence-corrected chi connectivity index (χ1v) is 9.73. The van der Waals surface area contributed by atoms with Crippen molar-refractivity contribution in [3.8, 4) is 0 Å². The van der Waals surface area contributed by atoms with Crippen molar-refractivity contribution < 1.29 is 14.4 Å². The molecular weight excluding hydrogens is 419 g/mol. The first kappa shape index (κ1) is 20.5. The molecule has 0 fully saturated rings. The van der Waals surface area contributed by atoms with E-state index >= 15 is 0 Å². The maximum Gasteiger partial charge on any atom is 0.253 e. The summed E-state index contributed by atoms with van der Waals surface area (Å²) in [5.74, 6) is -1.23. The Morgan fingerprint density at radius 1 is 1.31 bits per heavy atom. The molecule has 138 valence electrons. The standard InChI is InChI=1S/C15H14Cl2N4O3S2/c1-7-14(25-6-11(18)22)26-15(20-7)21-12(23)5-19-13(24)9-3-2-8(16)4-10(9)17/h2-4H,5-6H2,1H3,(H2,18,22)(H,19,24)(H,20,21,23). The second-order valence-electron chi connectivity index (χ2n) is 5.00. The SMILES string of the molecule is Cc1nc(NC(=O)CNC(=O)c2ccc(Cl)cc2Cl)sc1SCC(N)=O. The predicted molar refractivity (Wildman–Crippen MR) is 104 cm³/mol. The van der Waals surface area contributed by atoms with Crippen LogP contribution >= 0.6 is 46.3 Å². The lowest BCUT2D eigenvalue weighted by Crippen LogP contribution is -2.33. The van der Waals surface area contributed by atoms with E-state index < -0.39 is 17.7 Å². The Hall–Kier alpha value is -1.81. The van der Waals surface area contributed by atoms with Crippen LogP contribution in [0.2, 0.25) is 10.0 Å². The number of amides is 3. The van der Waals surface area contributed by atoms with Gasteiger partial charge in [0.25, 0.3) is 5.91 Å². The third-order valence-electron chi connectivity index (χ3n) is 2.93. The number of thiazole rings is 1. The maximum atomic E-state index is 12.1. The molecule has 0 saturated carbocycles. The lowest BCUT2D eigenvalue weighted by atomic mass is 10.2. The zero-order chi connectivity index (χ0) is 19.3. The third-order valence-corrected chi connectivity index (χ3v) is 5.94. The van der Waals surface area contributed by atoms with Gasteiger partial charge in [-0.05, 0) is 25.1 Å². The van der Waals surface area contributed by atoms with Gasteiger partial charge in [-0.3, -0.25) is 14.4 Å². The van der Waals surface area contributed by atoms with Gasteiger partial charge in [-0.15, -0.1) is 11.8 Å². The van der Waals surface area contributed by atoms with E-state index in [1.807, 2.05) is 0 Å². The summed E-state index contributed by atoms with van der Waals surface area (Å²) in [5.41, 5.74) is 6.02. The maximum absolute atomic E-state index is 12.1. The number of thioether (sulfide) groups is 1. The van der Waals surface area contributed by atoms with Crippen LogP contribution in [0.15, 0.2) is 22.4 Å². The molecule has 7 nitrogen and oxygen atoms in total. The number of carbonyl (C=O) groups excluding carboxylic acids is 3. The fraction of sp³-hybridized carbons (Fsp3) is 0.200. The number of nitrogens with zero attached hydrogens (tertiary/aromatic N) is 1. The minimum absolute atomic E-state index is 0.133. The molecule has 11 heteroatoms. The fourth-order valence-corrected chi connectivity index (χ4v) is 4.19. The Morgan fingerprint density at radius 2 is 2.04 bits per heavy atom. The quantitative estimate of drug-likeness (QED) is 0.581. The number of aryl methyl sites for hydroxylation is 1. The van der Waals surface area contributed by atoms with Crippen LogP contribution in [0.4, 0.5) is 5.13 Å². The molecule has 0 saturated heterocycles. The number of rotatable bonds is 7. The van der Waals surface area contributed by atoms with E-state index in [4.69, 9.17) is 28.9 Å². The number of halogens is 2. The Labute approximate surface area is 167 Å². The Morgan fingerprint density at radius 3 is 2.69 bits per heavy atom. The van der Waals surface area contributed by atoms with Gasteiger partial charge in [-0.1, -0.05) is 34.5 Å². The predicted octanol–water partition coefficient (Wildman–Crippen LogP) is 2.70. The van der Waals surface area contributed by atoms with Crippen molar-refractivity contribution in [1.29, 1.82) is 0 Å². The zero-order valence-electron chi connectivity index (χ0n) is 13.5. The monoisotopic (exact) mass is 432 g/mol. The first-order chi connectivity index (χ1) is 12.3. The van der Waals surface area contributed by atoms with E-state index in [-0.39, 0.29) is 22.9 Å². The van der Waals surface area contributed by atoms with Gasteiger partial charge in [0.15, 0.2) is 5.13 Å². The van der Waals surface area contributed by atoms with Crippen LogP contribution in [-0.4, -0.2) is 35.0 Å². The normalized spacial score (nSPS) is 10.4. The first-order valence-electron chi connectivity index (χ1n) is 7.18. The van der Waals surface area contributed by atoms with Crippen molar-refractivity contribution in [3.05, 3.63) is 39.5 Å². The van der Waals surface area contributed by atoms with Crippen LogP contribution in [0.1, 0.15) is 16.1 Å². The van der Waals surface area contributed by atoms with Crippen molar-refractivity contribution in [2.75, 3.05) is 17.6 Å². The summed E-state index contributed by atoms with van der Waals surface area (Å²) in [4.78, 5) is 39.1. The summed E-state index contributed by atoms with van der Waals surface area (Å²) < 4.78 is 0.788. The van der Waals surface area contributed by atoms with E-state index in [1.165, 1.54) is 41.3 Å². The molecule has 4 N–H and O–H groups in total. The molecule has 1 aromatic heterocycles. The molecule has 0 aliphatic heterocycles. The lowest BCUT2D eigenvalue weighted by molar-refractivity contribution is -0.116. The van der Waals surface area contributed by atoms with E-state index in [2.05, 4.69) is 15.6 Å². The van der Waals surface area contributed by atoms with E-state index in [1.54, 1.807) is 6.92 Å². The summed E-state index contributed by atoms with van der Waals surface area (Å²) in [5, 5.41) is 6.04. The number of nitrogens with two attached hydrogens (primary N) is 1. The van der Waals surface area contributed by atoms with E-state index in [9.17, 15) is 14.4 Å². The summed E-state index contributed by atoms with van der Waals surface area (Å²) in [6, 6.07) is 4.46. The molecule has 0 atom stereocenters. The molecule has 0 unspecified atom stereocenters. The molecule has 0 aliphatic carbocycles. The molecule has 1 heterocycles. The highest BCUT2D eigenvalue weighted by Crippen LogP contribution is 2.31. The second kappa shape index (κ2) is 9.22. The average Bonchev–Trinajstić information content (AvgIpc) is 2.90. The van der Waals surface area contributed by atoms with Gasteiger partial charge in [0.05, 0.1) is 32.8 Å². The van der Waals surface area contributed by atoms with Gasteiger partial charge in [-0.25, -0.2) is 4.98 Å². The summed E-state index contributed by atoms with van der Waals surface area (Å²) >= 11 is 14.2. The molecular formula is C15H14Cl2N4O3S2. The number of carbonyl (C=O) groups is 3. The van der Waals surface area contributed by atoms with Gasteiger partial charge >= 0.3 is 0 Å². The van der Waals surface area contributed by atoms with Crippen molar-refractivity contribution in [2.45, 2.75) is 11.1 Å². The number of anilines is 1. The molecule has 0 bridgehead atoms. The summed E-state index contributed by atoms with van der Waals surface area (Å²) in [6.45, 7) is 1.51. The van der Waals surface area contributed by atoms with Crippen LogP contribution in [0, 0.1) is 6.92 Å². The number of hydrogen-bond acceptors (Lipinski definition) is 6. The summed E-state index contributed by atoms with van der Waals surface area (Å²) in [7, 11) is 0. The van der Waals surface area contributed by atoms with Crippen LogP contribution in [-0.2, 0) is 9.59 Å². The smallest absolute Gasteiger partial charge is 0.253 e. The number of nitrogens with one attached hydrogen (secondary N) is 2. The number of benzene rings is 1. The van der Waals surface area contributed by atoms with Crippen molar-refractivity contribution in [1.82, 2.24) is 10.3 Å². The van der Waals surface area contributed by atoms with E-state index in [0.29, 0.717) is 15.8 Å². The second-order valence-corrected chi connectivity index (χ2v) is 8.09. The highest BCUT2D eigenvalue weighted by atomic mass is 35.5. The van der Waals surface area contributed by atoms with Crippen LogP contribution < -0.4 is 16.4 Å². The molecule has 0 aliphatic rings. The highest BCUT2D eigenvalue weighted by Gasteiger charge is 2.14. The average molecular weight is 433 g/mol. The van der Waals surface area contributed by atoms with Crippen molar-refractivity contribution in [2.24, 2.45) is 5.73 Å². The molecule has 3 amide bonds. The lowest BCUT2D eigenvalue weighted by Gasteiger charge is -2.06. The van der Waals surface area contributed by atoms with Crippen LogP contribution in [0.5, 0.6) is 0 Å². The highest BCUT2D eigenvalue weighted by molar-refractivity contribution is 8.01. The molecule has 2 rings (SSSR count). The third kappa shape index (κ3) is 5.87. The Balaban J connectivity index is 1.89. The molecule has 2 aromatic rings. The number of hydrogen-bond donors (Lipinski definition) is 3. The number of primary amides is 1. The Kier molecular flexibility index (Phi) is 7.27. The van der Waals surface area contributed by atoms with Crippen molar-refractivity contribution >= 4 is 69.2 Å². The van der Waals surface area contributed by atoms with Crippen LogP contribution in [0.3, 0.4) is 0 Å². The van der Waals surface area contributed by atoms with Crippen molar-refractivity contribution in [3.63, 3.8) is 0 Å². The fourth-order valence-electron chi connectivity index (χ4n) is 1.80. The van der Waals surface area contributed by atoms with Gasteiger partial charge in [-0.2, -0.15) is 0 Å². The molecule has 1 aromatic carbocycles. The van der Waals surface area contributed by atoms with Gasteiger partial charge < -0.3 is 16.4 Å². The number of aromatic nitrogens is 1. The molecule has 0 spiro atoms. The van der Waals surface area contributed by atoms with Gasteiger partial charge in [0, 0.05) is 5.02 Å². The summed E-state index contributed by atoms with van der Waals surface area (Å²) in [6.07, 6.45) is 0. The minimum atomic E-state index is -0.491. The Bertz CT molecular complexity index is 857. The minimum Gasteiger partial charge on any atom is -0.369 e. The van der Waals surface area contributed by atoms with Gasteiger partial charge in [0.1, 0.15) is 0 Å². The zero-order valence-corrected chi connectivity index (χ0v) is 16.6. The molecule has 26 heavy (non-hydrogen) atoms. The van der Waals surface area contributed by atoms with E-state index in [0.717, 1.165) is 4.21 Å².